The van der Waals surface area contributed by atoms with Gasteiger partial charge in [0.15, 0.2) is 0 Å². The highest BCUT2D eigenvalue weighted by atomic mass is 35.5. The number of halogens is 1. The van der Waals surface area contributed by atoms with Gasteiger partial charge in [0, 0.05) is 11.1 Å². The van der Waals surface area contributed by atoms with Crippen molar-refractivity contribution in [3.63, 3.8) is 0 Å². The lowest BCUT2D eigenvalue weighted by Crippen LogP contribution is -2.07. The quantitative estimate of drug-likeness (QED) is 0.884. The van der Waals surface area contributed by atoms with E-state index >= 15 is 0 Å². The second-order valence-electron chi connectivity index (χ2n) is 3.78. The molecule has 19 heavy (non-hydrogen) atoms. The predicted octanol–water partition coefficient (Wildman–Crippen LogP) is 2.69. The van der Waals surface area contributed by atoms with Crippen LogP contribution < -0.4 is 10.1 Å². The summed E-state index contributed by atoms with van der Waals surface area (Å²) in [5, 5.41) is 4.13. The van der Waals surface area contributed by atoms with Crippen LogP contribution >= 0.6 is 22.9 Å². The zero-order valence-corrected chi connectivity index (χ0v) is 12.3. The molecular weight excluding hydrogens is 286 g/mol. The molecule has 102 valence electrons. The van der Waals surface area contributed by atoms with E-state index in [-0.39, 0.29) is 11.3 Å². The smallest absolute Gasteiger partial charge is 0.322 e. The number of aromatic nitrogens is 4. The van der Waals surface area contributed by atoms with Crippen LogP contribution in [0, 0.1) is 6.92 Å². The van der Waals surface area contributed by atoms with E-state index in [0.717, 1.165) is 16.3 Å². The van der Waals surface area contributed by atoms with Crippen LogP contribution in [-0.2, 0) is 6.54 Å². The van der Waals surface area contributed by atoms with Crippen LogP contribution in [0.25, 0.3) is 0 Å². The van der Waals surface area contributed by atoms with Crippen LogP contribution in [0.15, 0.2) is 6.20 Å². The molecule has 2 heterocycles. The zero-order chi connectivity index (χ0) is 13.7. The fourth-order valence-electron chi connectivity index (χ4n) is 1.31. The molecule has 0 radical (unpaired) electrons. The summed E-state index contributed by atoms with van der Waals surface area (Å²) in [6.07, 6.45) is 2.71. The average molecular weight is 300 g/mol. The highest BCUT2D eigenvalue weighted by Gasteiger charge is 2.06. The van der Waals surface area contributed by atoms with Crippen molar-refractivity contribution in [2.75, 3.05) is 11.9 Å². The summed E-state index contributed by atoms with van der Waals surface area (Å²) in [4.78, 5) is 17.4. The van der Waals surface area contributed by atoms with Gasteiger partial charge in [0.1, 0.15) is 5.01 Å². The SMILES string of the molecule is CCCOc1nc(Cl)nc(NCc2ncc(C)s2)n1. The van der Waals surface area contributed by atoms with Gasteiger partial charge in [-0.2, -0.15) is 15.0 Å². The third-order valence-corrected chi connectivity index (χ3v) is 3.17. The van der Waals surface area contributed by atoms with E-state index in [1.54, 1.807) is 11.3 Å². The van der Waals surface area contributed by atoms with E-state index < -0.39 is 0 Å². The largest absolute Gasteiger partial charge is 0.463 e. The van der Waals surface area contributed by atoms with Crippen LogP contribution in [0.4, 0.5) is 5.95 Å². The molecule has 0 aliphatic carbocycles. The zero-order valence-electron chi connectivity index (χ0n) is 10.7. The Labute approximate surface area is 120 Å². The van der Waals surface area contributed by atoms with E-state index in [2.05, 4.69) is 25.3 Å². The Kier molecular flexibility index (Phi) is 4.86. The Balaban J connectivity index is 2.01. The number of rotatable bonds is 6. The summed E-state index contributed by atoms with van der Waals surface area (Å²) in [6.45, 7) is 5.11. The van der Waals surface area contributed by atoms with Gasteiger partial charge < -0.3 is 10.1 Å². The average Bonchev–Trinajstić information content (AvgIpc) is 2.79. The van der Waals surface area contributed by atoms with Gasteiger partial charge in [-0.3, -0.25) is 0 Å². The molecule has 0 aromatic carbocycles. The summed E-state index contributed by atoms with van der Waals surface area (Å²) < 4.78 is 5.33. The molecule has 8 heteroatoms. The van der Waals surface area contributed by atoms with E-state index in [4.69, 9.17) is 16.3 Å². The van der Waals surface area contributed by atoms with Crippen LogP contribution in [0.5, 0.6) is 6.01 Å². The van der Waals surface area contributed by atoms with Crippen LogP contribution in [-0.4, -0.2) is 26.5 Å². The van der Waals surface area contributed by atoms with Gasteiger partial charge in [0.25, 0.3) is 0 Å². The fraction of sp³-hybridized carbons (Fsp3) is 0.455. The predicted molar refractivity (Wildman–Crippen MR) is 74.8 cm³/mol. The Bertz CT molecular complexity index is 548. The Morgan fingerprint density at radius 2 is 2.21 bits per heavy atom. The molecule has 6 nitrogen and oxygen atoms in total. The monoisotopic (exact) mass is 299 g/mol. The van der Waals surface area contributed by atoms with Gasteiger partial charge in [-0.25, -0.2) is 4.98 Å². The third-order valence-electron chi connectivity index (χ3n) is 2.09. The first-order valence-electron chi connectivity index (χ1n) is 5.87. The van der Waals surface area contributed by atoms with Crippen molar-refractivity contribution in [1.82, 2.24) is 19.9 Å². The normalized spacial score (nSPS) is 10.5. The molecule has 0 saturated carbocycles. The van der Waals surface area contributed by atoms with E-state index in [9.17, 15) is 0 Å². The molecule has 0 atom stereocenters. The highest BCUT2D eigenvalue weighted by Crippen LogP contribution is 2.15. The van der Waals surface area contributed by atoms with E-state index in [1.807, 2.05) is 20.0 Å². The highest BCUT2D eigenvalue weighted by molar-refractivity contribution is 7.11. The number of aryl methyl sites for hydroxylation is 1. The van der Waals surface area contributed by atoms with E-state index in [0.29, 0.717) is 19.1 Å². The number of nitrogens with zero attached hydrogens (tertiary/aromatic N) is 4. The van der Waals surface area contributed by atoms with Crippen molar-refractivity contribution in [3.8, 4) is 6.01 Å². The molecule has 2 aromatic rings. The topological polar surface area (TPSA) is 72.8 Å². The van der Waals surface area contributed by atoms with Crippen molar-refractivity contribution in [2.24, 2.45) is 0 Å². The van der Waals surface area contributed by atoms with Crippen LogP contribution in [0.3, 0.4) is 0 Å². The van der Waals surface area contributed by atoms with Crippen molar-refractivity contribution < 1.29 is 4.74 Å². The second-order valence-corrected chi connectivity index (χ2v) is 5.43. The number of nitrogens with one attached hydrogen (secondary N) is 1. The molecule has 2 rings (SSSR count). The summed E-state index contributed by atoms with van der Waals surface area (Å²) in [7, 11) is 0. The minimum atomic E-state index is 0.110. The molecule has 0 aliphatic heterocycles. The number of hydrogen-bond donors (Lipinski definition) is 1. The first-order valence-corrected chi connectivity index (χ1v) is 7.06. The fourth-order valence-corrected chi connectivity index (χ4v) is 2.19. The maximum Gasteiger partial charge on any atom is 0.322 e. The Morgan fingerprint density at radius 3 is 2.89 bits per heavy atom. The number of ether oxygens (including phenoxy) is 1. The van der Waals surface area contributed by atoms with Gasteiger partial charge >= 0.3 is 6.01 Å². The van der Waals surface area contributed by atoms with Crippen molar-refractivity contribution in [3.05, 3.63) is 21.4 Å². The first-order chi connectivity index (χ1) is 9.17. The summed E-state index contributed by atoms with van der Waals surface area (Å²) in [6, 6.07) is 0.236. The third kappa shape index (κ3) is 4.29. The van der Waals surface area contributed by atoms with Crippen LogP contribution in [0.1, 0.15) is 23.2 Å². The van der Waals surface area contributed by atoms with Crippen molar-refractivity contribution >= 4 is 28.9 Å². The number of hydrogen-bond acceptors (Lipinski definition) is 7. The van der Waals surface area contributed by atoms with Crippen molar-refractivity contribution in [2.45, 2.75) is 26.8 Å². The molecule has 0 aliphatic rings. The van der Waals surface area contributed by atoms with E-state index in [1.165, 1.54) is 0 Å². The van der Waals surface area contributed by atoms with Crippen molar-refractivity contribution in [1.29, 1.82) is 0 Å². The molecule has 2 aromatic heterocycles. The minimum Gasteiger partial charge on any atom is -0.463 e. The van der Waals surface area contributed by atoms with Crippen LogP contribution in [0.2, 0.25) is 5.28 Å². The van der Waals surface area contributed by atoms with Gasteiger partial charge in [-0.1, -0.05) is 6.92 Å². The molecule has 1 N–H and O–H groups in total. The van der Waals surface area contributed by atoms with Gasteiger partial charge in [0.2, 0.25) is 11.2 Å². The number of anilines is 1. The summed E-state index contributed by atoms with van der Waals surface area (Å²) >= 11 is 7.44. The molecule has 0 amide bonds. The minimum absolute atomic E-state index is 0.110. The summed E-state index contributed by atoms with van der Waals surface area (Å²) in [5.74, 6) is 0.388. The standard InChI is InChI=1S/C11H14ClN5OS/c1-3-4-18-11-16-9(12)15-10(17-11)14-6-8-13-5-7(2)19-8/h5H,3-4,6H2,1-2H3,(H,14,15,16,17). The molecule has 0 unspecified atom stereocenters. The molecule has 0 fully saturated rings. The first kappa shape index (κ1) is 14.0. The van der Waals surface area contributed by atoms with Gasteiger partial charge in [-0.05, 0) is 24.9 Å². The maximum absolute atomic E-state index is 5.82. The van der Waals surface area contributed by atoms with Gasteiger partial charge in [-0.15, -0.1) is 11.3 Å². The Morgan fingerprint density at radius 1 is 1.37 bits per heavy atom. The summed E-state index contributed by atoms with van der Waals surface area (Å²) in [5.41, 5.74) is 0. The molecule has 0 spiro atoms. The maximum atomic E-state index is 5.82. The molecular formula is C11H14ClN5OS. The lowest BCUT2D eigenvalue weighted by molar-refractivity contribution is 0.291. The Hall–Kier alpha value is -1.47. The number of thiazole rings is 1. The molecule has 0 saturated heterocycles. The second kappa shape index (κ2) is 6.63. The lowest BCUT2D eigenvalue weighted by Gasteiger charge is -2.06. The lowest BCUT2D eigenvalue weighted by atomic mass is 10.5. The van der Waals surface area contributed by atoms with Gasteiger partial charge in [0.05, 0.1) is 13.2 Å². The molecule has 0 bridgehead atoms.